The number of carboxylic acids is 1. The van der Waals surface area contributed by atoms with E-state index in [1.54, 1.807) is 55.5 Å². The molecular weight excluding hydrogens is 360 g/mol. The summed E-state index contributed by atoms with van der Waals surface area (Å²) >= 11 is 5.79. The number of carbonyl (C=O) groups excluding carboxylic acids is 1. The van der Waals surface area contributed by atoms with E-state index in [0.717, 1.165) is 0 Å². The Bertz CT molecular complexity index is 775. The second-order valence-corrected chi connectivity index (χ2v) is 5.64. The number of nitrogens with one attached hydrogen (secondary N) is 1. The third-order valence-electron chi connectivity index (χ3n) is 3.13. The first-order valence-corrected chi connectivity index (χ1v) is 8.01. The van der Waals surface area contributed by atoms with Gasteiger partial charge in [-0.05, 0) is 61.0 Å². The van der Waals surface area contributed by atoms with Crippen LogP contribution in [0.1, 0.15) is 12.5 Å². The van der Waals surface area contributed by atoms with E-state index in [4.69, 9.17) is 26.2 Å². The average Bonchev–Trinajstić information content (AvgIpc) is 2.62. The highest BCUT2D eigenvalue weighted by molar-refractivity contribution is 6.30. The van der Waals surface area contributed by atoms with Crippen LogP contribution in [0, 0.1) is 0 Å². The van der Waals surface area contributed by atoms with Crippen LogP contribution in [0.5, 0.6) is 11.5 Å². The van der Waals surface area contributed by atoms with Crippen molar-refractivity contribution in [2.75, 3.05) is 6.61 Å². The Morgan fingerprint density at radius 2 is 1.77 bits per heavy atom. The van der Waals surface area contributed by atoms with Crippen molar-refractivity contribution >= 4 is 29.7 Å². The fourth-order valence-electron chi connectivity index (χ4n) is 1.83. The van der Waals surface area contributed by atoms with Crippen molar-refractivity contribution in [1.29, 1.82) is 0 Å². The number of rotatable bonds is 8. The van der Waals surface area contributed by atoms with Gasteiger partial charge in [0, 0.05) is 5.02 Å². The van der Waals surface area contributed by atoms with Crippen molar-refractivity contribution in [2.45, 2.75) is 13.0 Å². The number of carbonyl (C=O) groups is 2. The largest absolute Gasteiger partial charge is 0.482 e. The van der Waals surface area contributed by atoms with Gasteiger partial charge in [-0.15, -0.1) is 0 Å². The number of halogens is 1. The number of carboxylic acid groups (broad SMARTS) is 1. The minimum Gasteiger partial charge on any atom is -0.482 e. The van der Waals surface area contributed by atoms with Crippen LogP contribution in [0.25, 0.3) is 0 Å². The number of aliphatic carboxylic acids is 1. The molecule has 1 amide bonds. The summed E-state index contributed by atoms with van der Waals surface area (Å²) in [5.41, 5.74) is 3.10. The summed E-state index contributed by atoms with van der Waals surface area (Å²) in [4.78, 5) is 22.4. The number of hydrogen-bond donors (Lipinski definition) is 2. The topological polar surface area (TPSA) is 97.2 Å². The van der Waals surface area contributed by atoms with Crippen LogP contribution in [-0.4, -0.2) is 35.9 Å². The molecule has 2 aromatic rings. The standard InChI is InChI=1S/C18H17ClN2O5/c1-12(26-16-8-4-14(19)5-9-16)18(24)21-20-10-13-2-6-15(7-3-13)25-11-17(22)23/h2-10,12H,11H2,1H3,(H,21,24)(H,22,23). The van der Waals surface area contributed by atoms with Gasteiger partial charge in [-0.1, -0.05) is 11.6 Å². The maximum absolute atomic E-state index is 12.0. The maximum Gasteiger partial charge on any atom is 0.341 e. The molecule has 0 aliphatic carbocycles. The van der Waals surface area contributed by atoms with Crippen molar-refractivity contribution < 1.29 is 24.2 Å². The molecule has 26 heavy (non-hydrogen) atoms. The summed E-state index contributed by atoms with van der Waals surface area (Å²) in [6, 6.07) is 13.3. The van der Waals surface area contributed by atoms with E-state index in [2.05, 4.69) is 10.5 Å². The van der Waals surface area contributed by atoms with Crippen LogP contribution < -0.4 is 14.9 Å². The Morgan fingerprint density at radius 3 is 2.38 bits per heavy atom. The number of amides is 1. The number of ether oxygens (including phenoxy) is 2. The van der Waals surface area contributed by atoms with Gasteiger partial charge in [0.2, 0.25) is 0 Å². The summed E-state index contributed by atoms with van der Waals surface area (Å²) < 4.78 is 10.5. The zero-order chi connectivity index (χ0) is 18.9. The van der Waals surface area contributed by atoms with Gasteiger partial charge in [-0.25, -0.2) is 10.2 Å². The predicted molar refractivity (Wildman–Crippen MR) is 96.9 cm³/mol. The normalized spacial score (nSPS) is 11.8. The van der Waals surface area contributed by atoms with Crippen molar-refractivity contribution in [3.63, 3.8) is 0 Å². The molecule has 0 fully saturated rings. The lowest BCUT2D eigenvalue weighted by Gasteiger charge is -2.12. The molecule has 2 aromatic carbocycles. The van der Waals surface area contributed by atoms with E-state index in [1.807, 2.05) is 0 Å². The molecule has 0 radical (unpaired) electrons. The SMILES string of the molecule is CC(Oc1ccc(Cl)cc1)C(=O)NN=Cc1ccc(OCC(=O)O)cc1. The highest BCUT2D eigenvalue weighted by atomic mass is 35.5. The Hall–Kier alpha value is -3.06. The smallest absolute Gasteiger partial charge is 0.341 e. The van der Waals surface area contributed by atoms with Gasteiger partial charge in [0.1, 0.15) is 11.5 Å². The first-order valence-electron chi connectivity index (χ1n) is 7.64. The van der Waals surface area contributed by atoms with Gasteiger partial charge in [-0.2, -0.15) is 5.10 Å². The third-order valence-corrected chi connectivity index (χ3v) is 3.38. The zero-order valence-electron chi connectivity index (χ0n) is 13.9. The second kappa shape index (κ2) is 9.43. The molecule has 0 aliphatic rings. The minimum atomic E-state index is -1.05. The molecule has 0 aliphatic heterocycles. The Morgan fingerprint density at radius 1 is 1.15 bits per heavy atom. The van der Waals surface area contributed by atoms with Crippen LogP contribution in [0.15, 0.2) is 53.6 Å². The number of nitrogens with zero attached hydrogens (tertiary/aromatic N) is 1. The van der Waals surface area contributed by atoms with Crippen LogP contribution >= 0.6 is 11.6 Å². The zero-order valence-corrected chi connectivity index (χ0v) is 14.6. The third kappa shape index (κ3) is 6.45. The summed E-state index contributed by atoms with van der Waals surface area (Å²) in [5.74, 6) is -0.498. The predicted octanol–water partition coefficient (Wildman–Crippen LogP) is 2.72. The van der Waals surface area contributed by atoms with Crippen LogP contribution in [0.3, 0.4) is 0 Å². The number of benzene rings is 2. The van der Waals surface area contributed by atoms with Crippen LogP contribution in [-0.2, 0) is 9.59 Å². The fourth-order valence-corrected chi connectivity index (χ4v) is 1.95. The van der Waals surface area contributed by atoms with Crippen molar-refractivity contribution in [2.24, 2.45) is 5.10 Å². The van der Waals surface area contributed by atoms with E-state index in [1.165, 1.54) is 6.21 Å². The van der Waals surface area contributed by atoms with E-state index < -0.39 is 24.6 Å². The summed E-state index contributed by atoms with van der Waals surface area (Å²) in [6.45, 7) is 1.20. The molecule has 0 saturated carbocycles. The van der Waals surface area contributed by atoms with E-state index in [0.29, 0.717) is 22.1 Å². The van der Waals surface area contributed by atoms with Gasteiger partial charge >= 0.3 is 5.97 Å². The fraction of sp³-hybridized carbons (Fsp3) is 0.167. The van der Waals surface area contributed by atoms with Gasteiger partial charge in [0.25, 0.3) is 5.91 Å². The average molecular weight is 377 g/mol. The molecule has 0 spiro atoms. The lowest BCUT2D eigenvalue weighted by molar-refractivity contribution is -0.139. The Labute approximate surface area is 155 Å². The summed E-state index contributed by atoms with van der Waals surface area (Å²) in [7, 11) is 0. The molecule has 0 saturated heterocycles. The molecule has 7 nitrogen and oxygen atoms in total. The lowest BCUT2D eigenvalue weighted by Crippen LogP contribution is -2.33. The van der Waals surface area contributed by atoms with Crippen molar-refractivity contribution in [3.8, 4) is 11.5 Å². The van der Waals surface area contributed by atoms with E-state index in [-0.39, 0.29) is 0 Å². The number of hydrazone groups is 1. The van der Waals surface area contributed by atoms with Gasteiger partial charge in [-0.3, -0.25) is 4.79 Å². The summed E-state index contributed by atoms with van der Waals surface area (Å²) in [6.07, 6.45) is 0.716. The second-order valence-electron chi connectivity index (χ2n) is 5.20. The molecule has 2 rings (SSSR count). The lowest BCUT2D eigenvalue weighted by atomic mass is 10.2. The number of hydrogen-bond acceptors (Lipinski definition) is 5. The van der Waals surface area contributed by atoms with Gasteiger partial charge in [0.15, 0.2) is 12.7 Å². The van der Waals surface area contributed by atoms with E-state index >= 15 is 0 Å². The van der Waals surface area contributed by atoms with Gasteiger partial charge < -0.3 is 14.6 Å². The molecule has 1 atom stereocenters. The molecule has 0 heterocycles. The summed E-state index contributed by atoms with van der Waals surface area (Å²) in [5, 5.41) is 13.0. The Kier molecular flexibility index (Phi) is 6.99. The first kappa shape index (κ1) is 19.3. The first-order chi connectivity index (χ1) is 12.4. The van der Waals surface area contributed by atoms with Crippen molar-refractivity contribution in [1.82, 2.24) is 5.43 Å². The molecule has 136 valence electrons. The maximum atomic E-state index is 12.0. The molecule has 8 heteroatoms. The highest BCUT2D eigenvalue weighted by Crippen LogP contribution is 2.16. The molecule has 2 N–H and O–H groups in total. The molecule has 0 aromatic heterocycles. The van der Waals surface area contributed by atoms with Crippen LogP contribution in [0.4, 0.5) is 0 Å². The minimum absolute atomic E-state index is 0.405. The van der Waals surface area contributed by atoms with Crippen molar-refractivity contribution in [3.05, 3.63) is 59.1 Å². The monoisotopic (exact) mass is 376 g/mol. The molecule has 0 bridgehead atoms. The quantitative estimate of drug-likeness (QED) is 0.545. The van der Waals surface area contributed by atoms with Gasteiger partial charge in [0.05, 0.1) is 6.21 Å². The van der Waals surface area contributed by atoms with E-state index in [9.17, 15) is 9.59 Å². The molecular formula is C18H17ClN2O5. The highest BCUT2D eigenvalue weighted by Gasteiger charge is 2.13. The van der Waals surface area contributed by atoms with Crippen LogP contribution in [0.2, 0.25) is 5.02 Å². The Balaban J connectivity index is 1.81. The molecule has 1 unspecified atom stereocenters.